The van der Waals surface area contributed by atoms with Gasteiger partial charge in [-0.05, 0) is 0 Å². The van der Waals surface area contributed by atoms with Crippen molar-refractivity contribution in [1.29, 1.82) is 0 Å². The minimum absolute atomic E-state index is 0.0391. The molecule has 0 bridgehead atoms. The van der Waals surface area contributed by atoms with Crippen LogP contribution in [0.1, 0.15) is 101 Å². The summed E-state index contributed by atoms with van der Waals surface area (Å²) in [6, 6.07) is 26.6. The average molecular weight is 611 g/mol. The second-order valence-electron chi connectivity index (χ2n) is 12.1. The molecular weight excluding hydrogens is 555 g/mol. The Morgan fingerprint density at radius 2 is 0.929 bits per heavy atom. The van der Waals surface area contributed by atoms with Gasteiger partial charge in [-0.25, -0.2) is 0 Å². The van der Waals surface area contributed by atoms with Gasteiger partial charge in [-0.2, -0.15) is 0 Å². The Bertz CT molecular complexity index is 1090. The monoisotopic (exact) mass is 610 g/mol. The molecule has 0 unspecified atom stereocenters. The van der Waals surface area contributed by atoms with Crippen LogP contribution in [0.25, 0.3) is 0 Å². The van der Waals surface area contributed by atoms with Crippen LogP contribution in [-0.4, -0.2) is 25.7 Å². The Balaban J connectivity index is 1.72. The van der Waals surface area contributed by atoms with E-state index in [2.05, 4.69) is 107 Å². The molecule has 0 radical (unpaired) electrons. The van der Waals surface area contributed by atoms with Gasteiger partial charge in [0.05, 0.1) is 0 Å². The van der Waals surface area contributed by atoms with E-state index in [0.29, 0.717) is 0 Å². The van der Waals surface area contributed by atoms with Gasteiger partial charge < -0.3 is 0 Å². The second kappa shape index (κ2) is 17.6. The van der Waals surface area contributed by atoms with Crippen molar-refractivity contribution in [2.24, 2.45) is 0 Å². The van der Waals surface area contributed by atoms with E-state index in [4.69, 9.17) is 20.7 Å². The van der Waals surface area contributed by atoms with Gasteiger partial charge in [0.25, 0.3) is 0 Å². The Morgan fingerprint density at radius 3 is 1.33 bits per heavy atom. The molecule has 42 heavy (non-hydrogen) atoms. The molecular formula is C38H56ClO2P. The summed E-state index contributed by atoms with van der Waals surface area (Å²) in [4.78, 5) is 0. The average Bonchev–Trinajstić information content (AvgIpc) is 2.99. The second-order valence-corrected chi connectivity index (χ2v) is 18.6. The van der Waals surface area contributed by atoms with Gasteiger partial charge >= 0.3 is 236 Å². The molecule has 0 aliphatic rings. The zero-order chi connectivity index (χ0) is 30.3. The maximum absolute atomic E-state index is 8.49. The van der Waals surface area contributed by atoms with Crippen molar-refractivity contribution in [1.82, 2.24) is 0 Å². The van der Waals surface area contributed by atoms with Crippen LogP contribution in [0, 0.1) is 20.8 Å². The summed E-state index contributed by atoms with van der Waals surface area (Å²) in [5, 5.41) is 3.97. The molecule has 3 aromatic rings. The number of benzene rings is 3. The first kappa shape index (κ1) is 34.8. The van der Waals surface area contributed by atoms with E-state index in [1.54, 1.807) is 0 Å². The number of ether oxygens (including phenoxy) is 2. The summed E-state index contributed by atoms with van der Waals surface area (Å²) in [6.45, 7) is 12.7. The predicted octanol–water partition coefficient (Wildman–Crippen LogP) is 10.3. The summed E-state index contributed by atoms with van der Waals surface area (Å²) < 4.78 is 12.1. The molecule has 0 saturated heterocycles. The Morgan fingerprint density at radius 1 is 0.548 bits per heavy atom. The van der Waals surface area contributed by atoms with Crippen LogP contribution < -0.4 is 15.9 Å². The number of halogens is 1. The fourth-order valence-corrected chi connectivity index (χ4v) is 14.4. The molecule has 0 spiro atoms. The fraction of sp³-hybridized carbons (Fsp3) is 0.526. The van der Waals surface area contributed by atoms with Crippen molar-refractivity contribution in [3.63, 3.8) is 0 Å². The van der Waals surface area contributed by atoms with E-state index in [1.807, 2.05) is 0 Å². The summed E-state index contributed by atoms with van der Waals surface area (Å²) in [5.41, 5.74) is 3.86. The van der Waals surface area contributed by atoms with Crippen LogP contribution in [0.4, 0.5) is 0 Å². The third-order valence-corrected chi connectivity index (χ3v) is 16.5. The van der Waals surface area contributed by atoms with Gasteiger partial charge in [0.1, 0.15) is 0 Å². The van der Waals surface area contributed by atoms with E-state index < -0.39 is 5.96 Å². The Hall–Kier alpha value is -1.70. The molecule has 0 aliphatic carbocycles. The van der Waals surface area contributed by atoms with E-state index >= 15 is 0 Å². The molecule has 0 atom stereocenters. The fourth-order valence-electron chi connectivity index (χ4n) is 6.37. The SMILES string of the molecule is CCCCOC(CCCCCCCCP(Cl)(c1ccccc1C)(c1ccccc1C)c1ccccc1C)OCCCC. The van der Waals surface area contributed by atoms with Crippen LogP contribution in [0.15, 0.2) is 72.8 Å². The molecule has 0 saturated carbocycles. The van der Waals surface area contributed by atoms with Crippen LogP contribution in [0.5, 0.6) is 0 Å². The van der Waals surface area contributed by atoms with Gasteiger partial charge in [-0.15, -0.1) is 0 Å². The van der Waals surface area contributed by atoms with Gasteiger partial charge in [0, 0.05) is 0 Å². The summed E-state index contributed by atoms with van der Waals surface area (Å²) in [5.74, 6) is -3.27. The summed E-state index contributed by atoms with van der Waals surface area (Å²) in [6.07, 6.45) is 13.6. The normalized spacial score (nSPS) is 12.9. The quantitative estimate of drug-likeness (QED) is 0.0720. The molecule has 0 aliphatic heterocycles. The smallest absolute Gasteiger partial charge is 0.0653 e. The number of hydrogen-bond donors (Lipinski definition) is 0. The predicted molar refractivity (Wildman–Crippen MR) is 188 cm³/mol. The van der Waals surface area contributed by atoms with Crippen molar-refractivity contribution in [3.05, 3.63) is 89.5 Å². The van der Waals surface area contributed by atoms with E-state index in [1.165, 1.54) is 58.3 Å². The zero-order valence-electron chi connectivity index (χ0n) is 27.0. The number of aryl methyl sites for hydroxylation is 3. The molecule has 232 valence electrons. The minimum atomic E-state index is -3.27. The third kappa shape index (κ3) is 8.69. The third-order valence-electron chi connectivity index (χ3n) is 8.72. The molecule has 0 aromatic heterocycles. The van der Waals surface area contributed by atoms with Crippen LogP contribution in [0.2, 0.25) is 0 Å². The van der Waals surface area contributed by atoms with Crippen molar-refractivity contribution >= 4 is 33.1 Å². The van der Waals surface area contributed by atoms with Crippen LogP contribution in [-0.2, 0) is 9.47 Å². The molecule has 0 fully saturated rings. The number of rotatable bonds is 20. The minimum Gasteiger partial charge on any atom is -0.0653 e. The van der Waals surface area contributed by atoms with Gasteiger partial charge in [0.15, 0.2) is 0 Å². The molecule has 3 aromatic carbocycles. The van der Waals surface area contributed by atoms with Gasteiger partial charge in [-0.3, -0.25) is 0 Å². The van der Waals surface area contributed by atoms with E-state index in [9.17, 15) is 0 Å². The van der Waals surface area contributed by atoms with Crippen molar-refractivity contribution in [2.75, 3.05) is 19.4 Å². The topological polar surface area (TPSA) is 18.5 Å². The number of hydrogen-bond acceptors (Lipinski definition) is 2. The van der Waals surface area contributed by atoms with E-state index in [0.717, 1.165) is 64.3 Å². The van der Waals surface area contributed by atoms with E-state index in [-0.39, 0.29) is 6.29 Å². The zero-order valence-corrected chi connectivity index (χ0v) is 28.7. The van der Waals surface area contributed by atoms with Crippen molar-refractivity contribution < 1.29 is 9.47 Å². The van der Waals surface area contributed by atoms with Gasteiger partial charge in [0.2, 0.25) is 0 Å². The maximum atomic E-state index is 8.49. The first-order valence-corrected chi connectivity index (χ1v) is 19.8. The van der Waals surface area contributed by atoms with Gasteiger partial charge in [-0.1, -0.05) is 26.7 Å². The first-order chi connectivity index (χ1) is 20.4. The van der Waals surface area contributed by atoms with Crippen molar-refractivity contribution in [2.45, 2.75) is 112 Å². The van der Waals surface area contributed by atoms with Crippen LogP contribution in [0.3, 0.4) is 0 Å². The molecule has 0 heterocycles. The molecule has 3 rings (SSSR count). The molecule has 0 N–H and O–H groups in total. The Labute approximate surface area is 262 Å². The number of unbranched alkanes of at least 4 members (excludes halogenated alkanes) is 7. The molecule has 4 heteroatoms. The molecule has 0 amide bonds. The standard InChI is InChI=1S/C38H56ClO2P/c1-6-8-29-40-38(41-30-9-7-2)28-14-12-10-11-13-21-31-42(39,35-25-18-15-22-32(35)3,36-26-19-16-23-33(36)4)37-27-20-17-24-34(37)5/h15-20,22-27,38H,6-14,21,28-31H2,1-5H3. The molecule has 2 nitrogen and oxygen atoms in total. The summed E-state index contributed by atoms with van der Waals surface area (Å²) in [7, 11) is 0. The van der Waals surface area contributed by atoms with Crippen molar-refractivity contribution in [3.8, 4) is 0 Å². The first-order valence-electron chi connectivity index (χ1n) is 16.5. The summed E-state index contributed by atoms with van der Waals surface area (Å²) >= 11 is 8.49. The van der Waals surface area contributed by atoms with Crippen LogP contribution >= 0.6 is 17.2 Å². The Kier molecular flexibility index (Phi) is 14.5.